The fourth-order valence-electron chi connectivity index (χ4n) is 1.21. The van der Waals surface area contributed by atoms with Crippen molar-refractivity contribution in [3.63, 3.8) is 0 Å². The van der Waals surface area contributed by atoms with E-state index in [1.54, 1.807) is 11.6 Å². The molecule has 0 amide bonds. The molecule has 2 rings (SSSR count). The molecule has 0 N–H and O–H groups in total. The summed E-state index contributed by atoms with van der Waals surface area (Å²) in [6.07, 6.45) is 0. The van der Waals surface area contributed by atoms with Gasteiger partial charge in [-0.1, -0.05) is 0 Å². The molecule has 0 aliphatic heterocycles. The third kappa shape index (κ3) is 1.92. The molecule has 7 heteroatoms. The van der Waals surface area contributed by atoms with E-state index in [-0.39, 0.29) is 4.90 Å². The van der Waals surface area contributed by atoms with Crippen LogP contribution in [-0.2, 0) is 9.05 Å². The molecule has 0 spiro atoms. The maximum atomic E-state index is 11.3. The highest BCUT2D eigenvalue weighted by Crippen LogP contribution is 2.31. The minimum atomic E-state index is -3.80. The SMILES string of the molecule is COc1cc(S(=O)(=O)Cl)c2ncsc2c1. The monoisotopic (exact) mass is 263 g/mol. The van der Waals surface area contributed by atoms with Crippen LogP contribution in [0.25, 0.3) is 10.2 Å². The fraction of sp³-hybridized carbons (Fsp3) is 0.125. The zero-order valence-corrected chi connectivity index (χ0v) is 9.99. The van der Waals surface area contributed by atoms with Crippen molar-refractivity contribution in [3.8, 4) is 5.75 Å². The molecule has 0 fully saturated rings. The number of rotatable bonds is 2. The lowest BCUT2D eigenvalue weighted by Crippen LogP contribution is -1.93. The van der Waals surface area contributed by atoms with Crippen molar-refractivity contribution in [1.29, 1.82) is 0 Å². The van der Waals surface area contributed by atoms with Gasteiger partial charge in [-0.15, -0.1) is 11.3 Å². The van der Waals surface area contributed by atoms with Crippen molar-refractivity contribution >= 4 is 41.3 Å². The highest BCUT2D eigenvalue weighted by atomic mass is 35.7. The van der Waals surface area contributed by atoms with E-state index in [4.69, 9.17) is 15.4 Å². The summed E-state index contributed by atoms with van der Waals surface area (Å²) in [4.78, 5) is 3.95. The molecule has 4 nitrogen and oxygen atoms in total. The van der Waals surface area contributed by atoms with Gasteiger partial charge in [0, 0.05) is 16.7 Å². The van der Waals surface area contributed by atoms with E-state index in [0.29, 0.717) is 11.3 Å². The van der Waals surface area contributed by atoms with Crippen molar-refractivity contribution in [2.45, 2.75) is 4.90 Å². The Hall–Kier alpha value is -0.850. The molecule has 0 atom stereocenters. The smallest absolute Gasteiger partial charge is 0.263 e. The maximum Gasteiger partial charge on any atom is 0.263 e. The van der Waals surface area contributed by atoms with E-state index < -0.39 is 9.05 Å². The molecule has 0 bridgehead atoms. The summed E-state index contributed by atoms with van der Waals surface area (Å²) < 4.78 is 28.3. The van der Waals surface area contributed by atoms with Crippen LogP contribution >= 0.6 is 22.0 Å². The van der Waals surface area contributed by atoms with Gasteiger partial charge in [0.05, 0.1) is 17.3 Å². The molecule has 0 aliphatic rings. The Morgan fingerprint density at radius 2 is 2.20 bits per heavy atom. The molecule has 1 aromatic heterocycles. The standard InChI is InChI=1S/C8H6ClNO3S2/c1-13-5-2-6-8(10-4-14-6)7(3-5)15(9,11)12/h2-4H,1H3. The van der Waals surface area contributed by atoms with Crippen LogP contribution in [0.4, 0.5) is 0 Å². The van der Waals surface area contributed by atoms with Gasteiger partial charge in [0.15, 0.2) is 0 Å². The van der Waals surface area contributed by atoms with E-state index in [1.807, 2.05) is 0 Å². The van der Waals surface area contributed by atoms with Crippen LogP contribution in [0, 0.1) is 0 Å². The van der Waals surface area contributed by atoms with Crippen LogP contribution in [0.5, 0.6) is 5.75 Å². The van der Waals surface area contributed by atoms with Crippen molar-refractivity contribution in [2.24, 2.45) is 0 Å². The van der Waals surface area contributed by atoms with Gasteiger partial charge >= 0.3 is 0 Å². The Labute approximate surface area is 94.9 Å². The van der Waals surface area contributed by atoms with E-state index in [0.717, 1.165) is 4.70 Å². The molecule has 1 heterocycles. The normalized spacial score (nSPS) is 11.9. The first-order chi connectivity index (χ1) is 7.02. The third-order valence-electron chi connectivity index (χ3n) is 1.87. The number of thiazole rings is 1. The number of nitrogens with zero attached hydrogens (tertiary/aromatic N) is 1. The zero-order chi connectivity index (χ0) is 11.1. The number of hydrogen-bond donors (Lipinski definition) is 0. The number of benzene rings is 1. The molecule has 0 unspecified atom stereocenters. The molecule has 2 aromatic rings. The molecule has 1 aromatic carbocycles. The number of ether oxygens (including phenoxy) is 1. The van der Waals surface area contributed by atoms with Crippen molar-refractivity contribution in [2.75, 3.05) is 7.11 Å². The Kier molecular flexibility index (Phi) is 2.57. The maximum absolute atomic E-state index is 11.3. The number of aromatic nitrogens is 1. The average molecular weight is 264 g/mol. The second-order valence-corrected chi connectivity index (χ2v) is 6.18. The van der Waals surface area contributed by atoms with Crippen LogP contribution < -0.4 is 4.74 Å². The first-order valence-corrected chi connectivity index (χ1v) is 7.07. The predicted molar refractivity (Wildman–Crippen MR) is 59.2 cm³/mol. The van der Waals surface area contributed by atoms with Crippen LogP contribution in [0.15, 0.2) is 22.5 Å². The van der Waals surface area contributed by atoms with Crippen molar-refractivity contribution in [3.05, 3.63) is 17.6 Å². The lowest BCUT2D eigenvalue weighted by Gasteiger charge is -2.02. The third-order valence-corrected chi connectivity index (χ3v) is 3.98. The van der Waals surface area contributed by atoms with E-state index in [2.05, 4.69) is 4.98 Å². The van der Waals surface area contributed by atoms with Crippen molar-refractivity contribution < 1.29 is 13.2 Å². The minimum absolute atomic E-state index is 0.0141. The quantitative estimate of drug-likeness (QED) is 0.780. The summed E-state index contributed by atoms with van der Waals surface area (Å²) in [7, 11) is 2.97. The van der Waals surface area contributed by atoms with Crippen LogP contribution in [0.3, 0.4) is 0 Å². The van der Waals surface area contributed by atoms with Gasteiger partial charge in [-0.2, -0.15) is 0 Å². The van der Waals surface area contributed by atoms with Crippen LogP contribution in [-0.4, -0.2) is 20.5 Å². The topological polar surface area (TPSA) is 56.3 Å². The van der Waals surface area contributed by atoms with E-state index >= 15 is 0 Å². The number of halogens is 1. The molecule has 15 heavy (non-hydrogen) atoms. The second kappa shape index (κ2) is 3.62. The zero-order valence-electron chi connectivity index (χ0n) is 7.60. The van der Waals surface area contributed by atoms with Gasteiger partial charge in [-0.05, 0) is 6.07 Å². The van der Waals surface area contributed by atoms with Gasteiger partial charge in [0.25, 0.3) is 9.05 Å². The lowest BCUT2D eigenvalue weighted by molar-refractivity contribution is 0.414. The first kappa shape index (κ1) is 10.7. The highest BCUT2D eigenvalue weighted by molar-refractivity contribution is 8.14. The van der Waals surface area contributed by atoms with E-state index in [9.17, 15) is 8.42 Å². The fourth-order valence-corrected chi connectivity index (χ4v) is 3.01. The molecule has 0 radical (unpaired) electrons. The highest BCUT2D eigenvalue weighted by Gasteiger charge is 2.17. The van der Waals surface area contributed by atoms with Crippen molar-refractivity contribution in [1.82, 2.24) is 4.98 Å². The molecule has 0 saturated heterocycles. The van der Waals surface area contributed by atoms with E-state index in [1.165, 1.54) is 24.5 Å². The summed E-state index contributed by atoms with van der Waals surface area (Å²) >= 11 is 1.33. The first-order valence-electron chi connectivity index (χ1n) is 3.88. The second-order valence-electron chi connectivity index (χ2n) is 2.76. The molecule has 0 saturated carbocycles. The largest absolute Gasteiger partial charge is 0.497 e. The molecular weight excluding hydrogens is 258 g/mol. The summed E-state index contributed by atoms with van der Waals surface area (Å²) in [6.45, 7) is 0. The van der Waals surface area contributed by atoms with Gasteiger partial charge in [-0.3, -0.25) is 0 Å². The van der Waals surface area contributed by atoms with Crippen LogP contribution in [0.2, 0.25) is 0 Å². The Morgan fingerprint density at radius 3 is 2.80 bits per heavy atom. The van der Waals surface area contributed by atoms with Gasteiger partial charge in [0.2, 0.25) is 0 Å². The molecular formula is C8H6ClNO3S2. The summed E-state index contributed by atoms with van der Waals surface area (Å²) in [5.74, 6) is 0.450. The summed E-state index contributed by atoms with van der Waals surface area (Å²) in [5.41, 5.74) is 1.95. The summed E-state index contributed by atoms with van der Waals surface area (Å²) in [5, 5.41) is 0. The molecule has 0 aliphatic carbocycles. The number of hydrogen-bond acceptors (Lipinski definition) is 5. The average Bonchev–Trinajstić information content (AvgIpc) is 2.61. The van der Waals surface area contributed by atoms with Gasteiger partial charge < -0.3 is 4.74 Å². The molecule has 80 valence electrons. The number of methoxy groups -OCH3 is 1. The van der Waals surface area contributed by atoms with Gasteiger partial charge in [-0.25, -0.2) is 13.4 Å². The Bertz CT molecular complexity index is 605. The Balaban J connectivity index is 2.86. The lowest BCUT2D eigenvalue weighted by atomic mass is 10.3. The Morgan fingerprint density at radius 1 is 1.47 bits per heavy atom. The van der Waals surface area contributed by atoms with Crippen LogP contribution in [0.1, 0.15) is 0 Å². The minimum Gasteiger partial charge on any atom is -0.497 e. The van der Waals surface area contributed by atoms with Gasteiger partial charge in [0.1, 0.15) is 16.2 Å². The summed E-state index contributed by atoms with van der Waals surface area (Å²) in [6, 6.07) is 3.09. The predicted octanol–water partition coefficient (Wildman–Crippen LogP) is 2.23. The number of fused-ring (bicyclic) bond motifs is 1.